The molecule has 2 N–H and O–H groups in total. The zero-order valence-corrected chi connectivity index (χ0v) is 17.7. The number of halogens is 6. The standard InChI is InChI=1S/C24H27F6NO/c25-23(26,27)19-13-10-18(11-14-19)21-16-20(24(28,29)30)15-12-17(21)8-6-4-2-1-3-5-7-9-22(31)32/h10-16H,1-9H2,(H2,31,32). The average molecular weight is 459 g/mol. The van der Waals surface area contributed by atoms with E-state index < -0.39 is 23.5 Å². The molecule has 0 aromatic heterocycles. The van der Waals surface area contributed by atoms with E-state index >= 15 is 0 Å². The van der Waals surface area contributed by atoms with Crippen molar-refractivity contribution in [1.82, 2.24) is 0 Å². The molecule has 0 heterocycles. The number of unbranched alkanes of at least 4 members (excludes halogenated alkanes) is 6. The van der Waals surface area contributed by atoms with Crippen molar-refractivity contribution in [1.29, 1.82) is 0 Å². The summed E-state index contributed by atoms with van der Waals surface area (Å²) in [6.07, 6.45) is -1.80. The number of benzene rings is 2. The number of hydrogen-bond donors (Lipinski definition) is 1. The van der Waals surface area contributed by atoms with Gasteiger partial charge in [0.05, 0.1) is 11.1 Å². The summed E-state index contributed by atoms with van der Waals surface area (Å²) in [6, 6.07) is 7.65. The van der Waals surface area contributed by atoms with Gasteiger partial charge in [0, 0.05) is 6.42 Å². The van der Waals surface area contributed by atoms with E-state index in [1.807, 2.05) is 0 Å². The van der Waals surface area contributed by atoms with Crippen molar-refractivity contribution >= 4 is 5.91 Å². The minimum atomic E-state index is -4.53. The highest BCUT2D eigenvalue weighted by atomic mass is 19.4. The number of alkyl halides is 6. The molecule has 0 spiro atoms. The highest BCUT2D eigenvalue weighted by Crippen LogP contribution is 2.36. The first-order valence-corrected chi connectivity index (χ1v) is 10.6. The van der Waals surface area contributed by atoms with E-state index in [-0.39, 0.29) is 5.91 Å². The van der Waals surface area contributed by atoms with Gasteiger partial charge in [-0.1, -0.05) is 50.3 Å². The minimum Gasteiger partial charge on any atom is -0.370 e. The van der Waals surface area contributed by atoms with Crippen LogP contribution in [0.15, 0.2) is 42.5 Å². The van der Waals surface area contributed by atoms with Crippen molar-refractivity contribution in [2.24, 2.45) is 5.73 Å². The van der Waals surface area contributed by atoms with E-state index in [1.165, 1.54) is 18.2 Å². The molecule has 2 nitrogen and oxygen atoms in total. The summed E-state index contributed by atoms with van der Waals surface area (Å²) in [7, 11) is 0. The molecule has 0 atom stereocenters. The van der Waals surface area contributed by atoms with Crippen LogP contribution >= 0.6 is 0 Å². The monoisotopic (exact) mass is 459 g/mol. The fourth-order valence-electron chi connectivity index (χ4n) is 3.58. The van der Waals surface area contributed by atoms with Gasteiger partial charge in [-0.3, -0.25) is 4.79 Å². The van der Waals surface area contributed by atoms with Crippen LogP contribution in [0.2, 0.25) is 0 Å². The smallest absolute Gasteiger partial charge is 0.370 e. The predicted molar refractivity (Wildman–Crippen MR) is 112 cm³/mol. The third-order valence-electron chi connectivity index (χ3n) is 5.33. The first-order chi connectivity index (χ1) is 15.0. The molecule has 2 aromatic rings. The molecule has 0 aliphatic carbocycles. The molecule has 0 saturated carbocycles. The Kier molecular flexibility index (Phi) is 9.16. The Balaban J connectivity index is 2.02. The molecule has 1 amide bonds. The lowest BCUT2D eigenvalue weighted by atomic mass is 9.93. The third-order valence-corrected chi connectivity index (χ3v) is 5.33. The van der Waals surface area contributed by atoms with Gasteiger partial charge in [0.1, 0.15) is 0 Å². The number of primary amides is 1. The zero-order valence-electron chi connectivity index (χ0n) is 17.7. The fraction of sp³-hybridized carbons (Fsp3) is 0.458. The van der Waals surface area contributed by atoms with Gasteiger partial charge in [-0.25, -0.2) is 0 Å². The maximum atomic E-state index is 13.2. The van der Waals surface area contributed by atoms with Gasteiger partial charge in [-0.05, 0) is 60.2 Å². The number of aryl methyl sites for hydroxylation is 1. The van der Waals surface area contributed by atoms with Crippen molar-refractivity contribution in [3.8, 4) is 11.1 Å². The fourth-order valence-corrected chi connectivity index (χ4v) is 3.58. The van der Waals surface area contributed by atoms with Gasteiger partial charge >= 0.3 is 12.4 Å². The van der Waals surface area contributed by atoms with Crippen LogP contribution in [0.4, 0.5) is 26.3 Å². The van der Waals surface area contributed by atoms with Crippen molar-refractivity contribution in [2.45, 2.75) is 70.1 Å². The Morgan fingerprint density at radius 3 is 1.72 bits per heavy atom. The Morgan fingerprint density at radius 1 is 0.688 bits per heavy atom. The van der Waals surface area contributed by atoms with Gasteiger partial charge in [-0.15, -0.1) is 0 Å². The number of carbonyl (C=O) groups is 1. The second kappa shape index (κ2) is 11.4. The van der Waals surface area contributed by atoms with Crippen LogP contribution < -0.4 is 5.73 Å². The molecular weight excluding hydrogens is 432 g/mol. The maximum absolute atomic E-state index is 13.2. The molecular formula is C24H27F6NO. The molecule has 32 heavy (non-hydrogen) atoms. The topological polar surface area (TPSA) is 43.1 Å². The largest absolute Gasteiger partial charge is 0.416 e. The normalized spacial score (nSPS) is 12.2. The number of amides is 1. The van der Waals surface area contributed by atoms with E-state index in [0.717, 1.165) is 69.2 Å². The minimum absolute atomic E-state index is 0.301. The Hall–Kier alpha value is -2.51. The number of carbonyl (C=O) groups excluding carboxylic acids is 1. The summed E-state index contributed by atoms with van der Waals surface area (Å²) in [5, 5.41) is 0. The summed E-state index contributed by atoms with van der Waals surface area (Å²) in [5.74, 6) is -0.301. The molecule has 0 unspecified atom stereocenters. The third kappa shape index (κ3) is 8.20. The lowest BCUT2D eigenvalue weighted by Gasteiger charge is -2.15. The predicted octanol–water partition coefficient (Wildman–Crippen LogP) is 7.54. The molecule has 0 saturated heterocycles. The van der Waals surface area contributed by atoms with E-state index in [2.05, 4.69) is 0 Å². The first-order valence-electron chi connectivity index (χ1n) is 10.6. The molecule has 0 radical (unpaired) electrons. The van der Waals surface area contributed by atoms with Gasteiger partial charge in [0.15, 0.2) is 0 Å². The van der Waals surface area contributed by atoms with Gasteiger partial charge in [0.2, 0.25) is 5.91 Å². The van der Waals surface area contributed by atoms with Crippen LogP contribution in [-0.4, -0.2) is 5.91 Å². The van der Waals surface area contributed by atoms with Crippen LogP contribution in [0.1, 0.15) is 68.1 Å². The Morgan fingerprint density at radius 2 is 1.19 bits per heavy atom. The number of nitrogens with two attached hydrogens (primary N) is 1. The first kappa shape index (κ1) is 25.7. The maximum Gasteiger partial charge on any atom is 0.416 e. The van der Waals surface area contributed by atoms with E-state index in [9.17, 15) is 31.1 Å². The summed E-state index contributed by atoms with van der Waals surface area (Å²) in [6.45, 7) is 0. The number of hydrogen-bond acceptors (Lipinski definition) is 1. The summed E-state index contributed by atoms with van der Waals surface area (Å²) < 4.78 is 78.0. The summed E-state index contributed by atoms with van der Waals surface area (Å²) in [4.78, 5) is 10.7. The van der Waals surface area contributed by atoms with E-state index in [0.29, 0.717) is 29.5 Å². The highest BCUT2D eigenvalue weighted by molar-refractivity contribution is 5.73. The van der Waals surface area contributed by atoms with Crippen molar-refractivity contribution in [3.05, 3.63) is 59.2 Å². The van der Waals surface area contributed by atoms with Crippen molar-refractivity contribution in [3.63, 3.8) is 0 Å². The summed E-state index contributed by atoms with van der Waals surface area (Å²) >= 11 is 0. The van der Waals surface area contributed by atoms with Crippen LogP contribution in [0.25, 0.3) is 11.1 Å². The lowest BCUT2D eigenvalue weighted by molar-refractivity contribution is -0.138. The average Bonchev–Trinajstić information content (AvgIpc) is 2.71. The Labute approximate surface area is 183 Å². The van der Waals surface area contributed by atoms with E-state index in [4.69, 9.17) is 5.73 Å². The SMILES string of the molecule is NC(=O)CCCCCCCCCc1ccc(C(F)(F)F)cc1-c1ccc(C(F)(F)F)cc1. The Bertz CT molecular complexity index is 872. The molecule has 176 valence electrons. The van der Waals surface area contributed by atoms with Crippen molar-refractivity contribution < 1.29 is 31.1 Å². The lowest BCUT2D eigenvalue weighted by Crippen LogP contribution is -2.09. The second-order valence-electron chi connectivity index (χ2n) is 7.89. The zero-order chi connectivity index (χ0) is 23.8. The van der Waals surface area contributed by atoms with E-state index in [1.54, 1.807) is 0 Å². The van der Waals surface area contributed by atoms with Gasteiger partial charge < -0.3 is 5.73 Å². The van der Waals surface area contributed by atoms with Crippen LogP contribution in [0, 0.1) is 0 Å². The van der Waals surface area contributed by atoms with Crippen molar-refractivity contribution in [2.75, 3.05) is 0 Å². The highest BCUT2D eigenvalue weighted by Gasteiger charge is 2.32. The van der Waals surface area contributed by atoms with Crippen LogP contribution in [0.3, 0.4) is 0 Å². The second-order valence-corrected chi connectivity index (χ2v) is 7.89. The molecule has 2 aromatic carbocycles. The molecule has 0 fully saturated rings. The summed E-state index contributed by atoms with van der Waals surface area (Å²) in [5.41, 5.74) is 4.73. The molecule has 0 bridgehead atoms. The van der Waals surface area contributed by atoms with Crippen LogP contribution in [0.5, 0.6) is 0 Å². The van der Waals surface area contributed by atoms with Crippen LogP contribution in [-0.2, 0) is 23.6 Å². The molecule has 0 aliphatic rings. The van der Waals surface area contributed by atoms with Gasteiger partial charge in [-0.2, -0.15) is 26.3 Å². The quantitative estimate of drug-likeness (QED) is 0.274. The molecule has 8 heteroatoms. The molecule has 0 aliphatic heterocycles. The van der Waals surface area contributed by atoms with Gasteiger partial charge in [0.25, 0.3) is 0 Å². The number of rotatable bonds is 11. The molecule has 2 rings (SSSR count).